The van der Waals surface area contributed by atoms with Crippen molar-refractivity contribution in [1.82, 2.24) is 85.2 Å². The van der Waals surface area contributed by atoms with Crippen molar-refractivity contribution in [3.63, 3.8) is 0 Å². The van der Waals surface area contributed by atoms with E-state index in [4.69, 9.17) is 0 Å². The van der Waals surface area contributed by atoms with Gasteiger partial charge in [-0.15, -0.1) is 0 Å². The van der Waals surface area contributed by atoms with Crippen LogP contribution in [0.3, 0.4) is 0 Å². The molecule has 10 aromatic rings. The second kappa shape index (κ2) is 57.1. The summed E-state index contributed by atoms with van der Waals surface area (Å²) < 4.78 is 0. The van der Waals surface area contributed by atoms with Crippen LogP contribution < -0.4 is 0 Å². The number of nitrogens with zero attached hydrogens (tertiary/aromatic N) is 17. The molecule has 10 aromatic heterocycles. The summed E-state index contributed by atoms with van der Waals surface area (Å²) >= 11 is 0. The van der Waals surface area contributed by atoms with Gasteiger partial charge in [0.1, 0.15) is 18.5 Å². The molecule has 0 saturated carbocycles. The van der Waals surface area contributed by atoms with E-state index in [-0.39, 0.29) is 128 Å². The Morgan fingerprint density at radius 1 is 0.182 bits per heavy atom. The van der Waals surface area contributed by atoms with Crippen LogP contribution in [0.4, 0.5) is 0 Å². The zero-order valence-corrected chi connectivity index (χ0v) is 66.7. The van der Waals surface area contributed by atoms with Crippen LogP contribution >= 0.6 is 0 Å². The van der Waals surface area contributed by atoms with Crippen LogP contribution in [-0.2, 0) is 54.1 Å². The van der Waals surface area contributed by atoms with Crippen LogP contribution in [0.5, 0.6) is 0 Å². The molecule has 10 rings (SSSR count). The van der Waals surface area contributed by atoms with Gasteiger partial charge in [0.15, 0.2) is 0 Å². The second-order valence-corrected chi connectivity index (χ2v) is 33.9. The van der Waals surface area contributed by atoms with Gasteiger partial charge in [0, 0.05) is 155 Å². The van der Waals surface area contributed by atoms with Crippen molar-refractivity contribution in [2.45, 2.75) is 336 Å². The molecule has 0 spiro atoms. The summed E-state index contributed by atoms with van der Waals surface area (Å²) in [7, 11) is 0. The smallest absolute Gasteiger partial charge is 0.133 e. The summed E-state index contributed by atoms with van der Waals surface area (Å²) in [5, 5.41) is 15.3. The average molecular weight is 1520 g/mol. The van der Waals surface area contributed by atoms with Crippen molar-refractivity contribution in [3.8, 4) is 0 Å². The fourth-order valence-electron chi connectivity index (χ4n) is 7.38. The number of pyridine rings is 3. The minimum atomic E-state index is 0. The Kier molecular flexibility index (Phi) is 63.3. The van der Waals surface area contributed by atoms with Gasteiger partial charge in [0.05, 0.1) is 23.3 Å². The third kappa shape index (κ3) is 55.4. The highest BCUT2D eigenvalue weighted by Gasteiger charge is 2.20. The quantitative estimate of drug-likeness (QED) is 0.138. The molecule has 10 heterocycles. The Morgan fingerprint density at radius 2 is 0.555 bits per heavy atom. The molecule has 0 unspecified atom stereocenters. The van der Waals surface area contributed by atoms with E-state index in [0.29, 0.717) is 0 Å². The van der Waals surface area contributed by atoms with Gasteiger partial charge in [-0.05, 0) is 105 Å². The maximum absolute atomic E-state index is 4.25. The first-order valence-electron chi connectivity index (χ1n) is 34.2. The zero-order chi connectivity index (χ0) is 76.1. The number of rotatable bonds is 0. The van der Waals surface area contributed by atoms with E-state index in [2.05, 4.69) is 317 Å². The van der Waals surface area contributed by atoms with Gasteiger partial charge in [-0.25, -0.2) is 29.9 Å². The summed E-state index contributed by atoms with van der Waals surface area (Å²) in [5.41, 5.74) is 12.0. The van der Waals surface area contributed by atoms with E-state index < -0.39 is 0 Å². The summed E-state index contributed by atoms with van der Waals surface area (Å²) in [6.07, 6.45) is 37.0. The third-order valence-corrected chi connectivity index (χ3v) is 14.0. The van der Waals surface area contributed by atoms with E-state index in [1.165, 1.54) is 22.3 Å². The topological polar surface area (TPSA) is 219 Å². The van der Waals surface area contributed by atoms with Crippen LogP contribution in [0.2, 0.25) is 0 Å². The van der Waals surface area contributed by atoms with Gasteiger partial charge in [0.2, 0.25) is 0 Å². The van der Waals surface area contributed by atoms with E-state index in [1.54, 1.807) is 93.2 Å². The molecule has 620 valence electrons. The van der Waals surface area contributed by atoms with Crippen molar-refractivity contribution < 1.29 is 0 Å². The van der Waals surface area contributed by atoms with E-state index >= 15 is 0 Å². The Bertz CT molecular complexity index is 2800. The summed E-state index contributed by atoms with van der Waals surface area (Å²) in [6.45, 7) is 64.3. The molecule has 0 bridgehead atoms. The van der Waals surface area contributed by atoms with Crippen LogP contribution in [0.1, 0.15) is 339 Å². The van der Waals surface area contributed by atoms with Crippen LogP contribution in [0.25, 0.3) is 0 Å². The fourth-order valence-corrected chi connectivity index (χ4v) is 7.38. The molecule has 0 fully saturated rings. The Morgan fingerprint density at radius 3 is 0.800 bits per heavy atom. The highest BCUT2D eigenvalue weighted by molar-refractivity contribution is 5.21. The minimum Gasteiger partial charge on any atom is -0.265 e. The van der Waals surface area contributed by atoms with Crippen molar-refractivity contribution in [1.29, 1.82) is 0 Å². The fraction of sp³-hybridized carbons (Fsp3) is 0.538. The van der Waals surface area contributed by atoms with E-state index in [0.717, 1.165) is 34.3 Å². The molecule has 0 atom stereocenters. The number of aromatic nitrogens is 17. The minimum absolute atomic E-state index is 0. The van der Waals surface area contributed by atoms with Gasteiger partial charge < -0.3 is 0 Å². The molecule has 17 nitrogen and oxygen atoms in total. The lowest BCUT2D eigenvalue weighted by Crippen LogP contribution is -2.14. The molecular weight excluding hydrogens is 1360 g/mol. The molecule has 0 aromatic carbocycles. The summed E-state index contributed by atoms with van der Waals surface area (Å²) in [5.74, 6) is 0.898. The SMILES string of the molecule is C.C.C.C.C.C.C.C.C.C.CC(C)(C)c1ccccn1.CC(C)(C)c1cccnc1.CC(C)(C)c1cccnn1.CC(C)(C)c1ccncc1.CC(C)(C)c1ccncn1.CC(C)(C)c1ccnnc1.CC(C)(C)c1cnccn1.CC(C)(C)c1cnccn1.CC(C)(C)c1cncnc1.CC(C)(C)c1ncccn1. The molecule has 0 aliphatic rings. The first-order chi connectivity index (χ1) is 46.1. The molecule has 0 aliphatic heterocycles. The molecule has 0 saturated heterocycles. The van der Waals surface area contributed by atoms with Crippen molar-refractivity contribution in [2.24, 2.45) is 0 Å². The van der Waals surface area contributed by atoms with Gasteiger partial charge in [0.25, 0.3) is 0 Å². The number of hydrogen-bond acceptors (Lipinski definition) is 17. The monoisotopic (exact) mass is 1520 g/mol. The summed E-state index contributed by atoms with van der Waals surface area (Å²) in [6, 6.07) is 23.9. The molecule has 0 amide bonds. The molecule has 17 heteroatoms. The first kappa shape index (κ1) is 122. The van der Waals surface area contributed by atoms with Crippen LogP contribution in [-0.4, -0.2) is 85.2 Å². The predicted octanol–water partition coefficient (Wildman–Crippen LogP) is 25.9. The van der Waals surface area contributed by atoms with Gasteiger partial charge in [-0.3, -0.25) is 34.9 Å². The largest absolute Gasteiger partial charge is 0.265 e. The van der Waals surface area contributed by atoms with Crippen molar-refractivity contribution in [3.05, 3.63) is 260 Å². The lowest BCUT2D eigenvalue weighted by Gasteiger charge is -2.17. The lowest BCUT2D eigenvalue weighted by atomic mass is 9.88. The average Bonchev–Trinajstić information content (AvgIpc) is 0.980. The molecule has 0 N–H and O–H groups in total. The van der Waals surface area contributed by atoms with E-state index in [9.17, 15) is 0 Å². The van der Waals surface area contributed by atoms with Crippen LogP contribution in [0.15, 0.2) is 203 Å². The normalized spacial score (nSPS) is 10.5. The maximum Gasteiger partial charge on any atom is 0.133 e. The van der Waals surface area contributed by atoms with Crippen LogP contribution in [0, 0.1) is 0 Å². The molecule has 0 aliphatic carbocycles. The zero-order valence-electron chi connectivity index (χ0n) is 66.7. The van der Waals surface area contributed by atoms with E-state index in [1.807, 2.05) is 85.7 Å². The second-order valence-electron chi connectivity index (χ2n) is 33.9. The maximum atomic E-state index is 4.25. The first-order valence-corrected chi connectivity index (χ1v) is 34.2. The third-order valence-electron chi connectivity index (χ3n) is 14.0. The lowest BCUT2D eigenvalue weighted by molar-refractivity contribution is 0.545. The number of hydrogen-bond donors (Lipinski definition) is 0. The molecular formula is C93H163N17. The predicted molar refractivity (Wildman–Crippen MR) is 481 cm³/mol. The van der Waals surface area contributed by atoms with Gasteiger partial charge >= 0.3 is 0 Å². The molecule has 0 radical (unpaired) electrons. The van der Waals surface area contributed by atoms with Crippen molar-refractivity contribution >= 4 is 0 Å². The standard InChI is InChI=1S/3C9H13N.7C8H12N2.10CH4/c1-9(2,3)8-4-6-10-7-5-8;1-9(2,3)8-5-4-6-10-7-8;1-9(2,3)8-6-4-5-7-10-8;1-8(2,3)7-4-9-6-10-5-7;2*1-8(2,3)7-6-9-4-5-10-7;1-8(2,3)7-4-5-9-6-10-7;1-8(2,3)7-4-5-9-10-6-7;1-8(2,3)7-9-5-4-6-10-7;1-8(2,3)7-5-4-6-9-10-7;;;;;;;;;;/h3*4-7H,1-3H3;7*4-6H,1-3H3;10*1H4. The Balaban J connectivity index is -0.000000125. The van der Waals surface area contributed by atoms with Crippen molar-refractivity contribution in [2.75, 3.05) is 0 Å². The Labute approximate surface area is 677 Å². The molecule has 110 heavy (non-hydrogen) atoms. The highest BCUT2D eigenvalue weighted by Crippen LogP contribution is 2.25. The highest BCUT2D eigenvalue weighted by atomic mass is 15.1. The van der Waals surface area contributed by atoms with Gasteiger partial charge in [-0.1, -0.05) is 294 Å². The van der Waals surface area contributed by atoms with Gasteiger partial charge in [-0.2, -0.15) is 20.4 Å². The summed E-state index contributed by atoms with van der Waals surface area (Å²) in [4.78, 5) is 52.8. The Hall–Kier alpha value is -8.99.